The lowest BCUT2D eigenvalue weighted by atomic mass is 10.2. The van der Waals surface area contributed by atoms with Crippen LogP contribution in [0.25, 0.3) is 22.4 Å². The fourth-order valence-electron chi connectivity index (χ4n) is 3.14. The topological polar surface area (TPSA) is 127 Å². The van der Waals surface area contributed by atoms with Crippen molar-refractivity contribution in [2.45, 2.75) is 30.8 Å². The molecule has 0 saturated heterocycles. The fraction of sp³-hybridized carbons (Fsp3) is 0.182. The van der Waals surface area contributed by atoms with E-state index in [2.05, 4.69) is 25.0 Å². The lowest BCUT2D eigenvalue weighted by Crippen LogP contribution is -2.44. The molecular formula is C22H17F4N5O4S. The summed E-state index contributed by atoms with van der Waals surface area (Å²) in [6.07, 6.45) is -2.68. The molecule has 2 N–H and O–H groups in total. The van der Waals surface area contributed by atoms with Gasteiger partial charge in [-0.1, -0.05) is 0 Å². The van der Waals surface area contributed by atoms with Crippen LogP contribution in [0.15, 0.2) is 64.5 Å². The molecule has 0 unspecified atom stereocenters. The fourth-order valence-corrected chi connectivity index (χ4v) is 4.32. The summed E-state index contributed by atoms with van der Waals surface area (Å²) in [6, 6.07) is 6.92. The van der Waals surface area contributed by atoms with Gasteiger partial charge in [-0.15, -0.1) is 0 Å². The number of sulfonamides is 1. The highest BCUT2D eigenvalue weighted by Crippen LogP contribution is 2.29. The van der Waals surface area contributed by atoms with Crippen LogP contribution in [-0.4, -0.2) is 35.3 Å². The van der Waals surface area contributed by atoms with E-state index in [4.69, 9.17) is 4.42 Å². The van der Waals surface area contributed by atoms with Gasteiger partial charge in [-0.2, -0.15) is 17.9 Å². The van der Waals surface area contributed by atoms with Crippen molar-refractivity contribution < 1.29 is 35.2 Å². The zero-order valence-electron chi connectivity index (χ0n) is 18.4. The number of halogens is 4. The minimum atomic E-state index is -4.52. The highest BCUT2D eigenvalue weighted by atomic mass is 32.2. The molecule has 0 spiro atoms. The molecule has 0 saturated carbocycles. The molecule has 0 radical (unpaired) electrons. The van der Waals surface area contributed by atoms with Gasteiger partial charge in [-0.05, 0) is 43.3 Å². The Morgan fingerprint density at radius 1 is 1.06 bits per heavy atom. The molecule has 1 amide bonds. The standard InChI is InChI=1S/C22H17F4N5O4S/c1-12(31-36(33,34)20-7-13-6-15(23)3-5-19(13)35-20)21(32)28-10-16-8-18(30-11-29-16)17-4-2-14(9-27-17)22(24,25)26/h2-9,11-12,31H,10H2,1H3,(H,28,32)/t12-/m0/s1. The average molecular weight is 523 g/mol. The third kappa shape index (κ3) is 5.66. The molecule has 0 aliphatic heterocycles. The number of aromatic nitrogens is 3. The molecule has 1 aromatic carbocycles. The van der Waals surface area contributed by atoms with Crippen molar-refractivity contribution >= 4 is 26.9 Å². The van der Waals surface area contributed by atoms with Crippen molar-refractivity contribution in [2.75, 3.05) is 0 Å². The number of pyridine rings is 1. The summed E-state index contributed by atoms with van der Waals surface area (Å²) in [5.41, 5.74) is -0.0256. The Morgan fingerprint density at radius 2 is 1.83 bits per heavy atom. The summed E-state index contributed by atoms with van der Waals surface area (Å²) < 4.78 is 84.1. The number of hydrogen-bond donors (Lipinski definition) is 2. The molecule has 0 fully saturated rings. The van der Waals surface area contributed by atoms with E-state index in [0.29, 0.717) is 11.9 Å². The number of carbonyl (C=O) groups is 1. The van der Waals surface area contributed by atoms with Gasteiger partial charge in [0.2, 0.25) is 11.0 Å². The van der Waals surface area contributed by atoms with Gasteiger partial charge in [0, 0.05) is 17.6 Å². The van der Waals surface area contributed by atoms with Crippen molar-refractivity contribution in [1.29, 1.82) is 0 Å². The molecule has 4 aromatic rings. The van der Waals surface area contributed by atoms with Crippen molar-refractivity contribution in [1.82, 2.24) is 25.0 Å². The van der Waals surface area contributed by atoms with Gasteiger partial charge in [0.25, 0.3) is 10.0 Å². The van der Waals surface area contributed by atoms with Gasteiger partial charge >= 0.3 is 6.18 Å². The molecule has 0 aliphatic carbocycles. The smallest absolute Gasteiger partial charge is 0.417 e. The molecule has 0 bridgehead atoms. The Bertz CT molecular complexity index is 1520. The summed E-state index contributed by atoms with van der Waals surface area (Å²) >= 11 is 0. The predicted octanol–water partition coefficient (Wildman–Crippen LogP) is 3.43. The molecule has 1 atom stereocenters. The van der Waals surface area contributed by atoms with Gasteiger partial charge in [0.05, 0.1) is 35.2 Å². The van der Waals surface area contributed by atoms with E-state index in [1.807, 2.05) is 0 Å². The van der Waals surface area contributed by atoms with Crippen molar-refractivity contribution in [3.05, 3.63) is 72.1 Å². The first kappa shape index (κ1) is 25.2. The Balaban J connectivity index is 1.39. The van der Waals surface area contributed by atoms with Crippen molar-refractivity contribution in [3.8, 4) is 11.4 Å². The zero-order valence-corrected chi connectivity index (χ0v) is 19.2. The van der Waals surface area contributed by atoms with E-state index >= 15 is 0 Å². The molecule has 36 heavy (non-hydrogen) atoms. The maximum absolute atomic E-state index is 13.4. The number of benzene rings is 1. The van der Waals surface area contributed by atoms with Crippen molar-refractivity contribution in [2.24, 2.45) is 0 Å². The number of nitrogens with one attached hydrogen (secondary N) is 2. The average Bonchev–Trinajstić information content (AvgIpc) is 3.26. The Hall–Kier alpha value is -3.91. The quantitative estimate of drug-likeness (QED) is 0.356. The van der Waals surface area contributed by atoms with Crippen LogP contribution < -0.4 is 10.0 Å². The third-order valence-electron chi connectivity index (χ3n) is 4.97. The lowest BCUT2D eigenvalue weighted by molar-refractivity contribution is -0.137. The molecule has 3 heterocycles. The molecule has 9 nitrogen and oxygen atoms in total. The maximum atomic E-state index is 13.4. The largest absolute Gasteiger partial charge is 0.443 e. The molecule has 4 rings (SSSR count). The Labute approximate surface area is 201 Å². The number of alkyl halides is 3. The van der Waals surface area contributed by atoms with Crippen LogP contribution in [0.1, 0.15) is 18.2 Å². The normalized spacial score (nSPS) is 13.0. The summed E-state index contributed by atoms with van der Waals surface area (Å²) in [5.74, 6) is -1.25. The summed E-state index contributed by atoms with van der Waals surface area (Å²) in [5, 5.41) is 2.27. The first-order chi connectivity index (χ1) is 16.9. The third-order valence-corrected chi connectivity index (χ3v) is 6.36. The monoisotopic (exact) mass is 523 g/mol. The number of fused-ring (bicyclic) bond motifs is 1. The first-order valence-corrected chi connectivity index (χ1v) is 11.7. The maximum Gasteiger partial charge on any atom is 0.417 e. The van der Waals surface area contributed by atoms with Crippen LogP contribution in [0.5, 0.6) is 0 Å². The van der Waals surface area contributed by atoms with Crippen LogP contribution >= 0.6 is 0 Å². The molecule has 0 aliphatic rings. The number of nitrogens with zero attached hydrogens (tertiary/aromatic N) is 3. The summed E-state index contributed by atoms with van der Waals surface area (Å²) in [7, 11) is -4.23. The van der Waals surface area contributed by atoms with Gasteiger partial charge in [0.1, 0.15) is 17.7 Å². The van der Waals surface area contributed by atoms with Crippen LogP contribution in [0.3, 0.4) is 0 Å². The minimum Gasteiger partial charge on any atom is -0.443 e. The lowest BCUT2D eigenvalue weighted by Gasteiger charge is -2.13. The Kier molecular flexibility index (Phi) is 6.73. The molecular weight excluding hydrogens is 506 g/mol. The molecule has 188 valence electrons. The Morgan fingerprint density at radius 3 is 2.53 bits per heavy atom. The van der Waals surface area contributed by atoms with Crippen LogP contribution in [-0.2, 0) is 27.5 Å². The number of hydrogen-bond acceptors (Lipinski definition) is 7. The second-order valence-electron chi connectivity index (χ2n) is 7.63. The number of carbonyl (C=O) groups excluding carboxylic acids is 1. The first-order valence-electron chi connectivity index (χ1n) is 10.3. The van der Waals surface area contributed by atoms with Gasteiger partial charge in [-0.25, -0.2) is 22.8 Å². The second kappa shape index (κ2) is 9.62. The predicted molar refractivity (Wildman–Crippen MR) is 118 cm³/mol. The van der Waals surface area contributed by atoms with Crippen LogP contribution in [0.4, 0.5) is 17.6 Å². The van der Waals surface area contributed by atoms with E-state index in [-0.39, 0.29) is 28.9 Å². The summed E-state index contributed by atoms with van der Waals surface area (Å²) in [4.78, 5) is 24.2. The van der Waals surface area contributed by atoms with E-state index in [1.165, 1.54) is 19.1 Å². The highest BCUT2D eigenvalue weighted by Gasteiger charge is 2.30. The minimum absolute atomic E-state index is 0.120. The van der Waals surface area contributed by atoms with Crippen molar-refractivity contribution in [3.63, 3.8) is 0 Å². The number of rotatable bonds is 7. The molecule has 3 aromatic heterocycles. The zero-order chi connectivity index (χ0) is 26.1. The van der Waals surface area contributed by atoms with Gasteiger partial charge in [-0.3, -0.25) is 9.78 Å². The number of amides is 1. The van der Waals surface area contributed by atoms with Crippen LogP contribution in [0.2, 0.25) is 0 Å². The van der Waals surface area contributed by atoms with Gasteiger partial charge < -0.3 is 9.73 Å². The summed E-state index contributed by atoms with van der Waals surface area (Å²) in [6.45, 7) is 1.19. The highest BCUT2D eigenvalue weighted by molar-refractivity contribution is 7.89. The van der Waals surface area contributed by atoms with E-state index < -0.39 is 44.6 Å². The van der Waals surface area contributed by atoms with E-state index in [0.717, 1.165) is 36.7 Å². The number of furan rings is 1. The van der Waals surface area contributed by atoms with Crippen LogP contribution in [0, 0.1) is 5.82 Å². The molecule has 14 heteroatoms. The second-order valence-corrected chi connectivity index (χ2v) is 9.28. The van der Waals surface area contributed by atoms with Gasteiger partial charge in [0.15, 0.2) is 0 Å². The SMILES string of the molecule is C[C@H](NS(=O)(=O)c1cc2cc(F)ccc2o1)C(=O)NCc1cc(-c2ccc(C(F)(F)F)cn2)ncn1. The van der Waals surface area contributed by atoms with E-state index in [9.17, 15) is 30.8 Å². The van der Waals surface area contributed by atoms with E-state index in [1.54, 1.807) is 0 Å².